The lowest BCUT2D eigenvalue weighted by Crippen LogP contribution is -2.19. The second-order valence-corrected chi connectivity index (χ2v) is 6.68. The smallest absolute Gasteiger partial charge is 0.182 e. The molecule has 7 heteroatoms. The molecule has 0 amide bonds. The van der Waals surface area contributed by atoms with Crippen molar-refractivity contribution in [2.45, 2.75) is 30.7 Å². The molecular formula is C10H18N4O2S. The first-order valence-corrected chi connectivity index (χ1v) is 7.49. The summed E-state index contributed by atoms with van der Waals surface area (Å²) >= 11 is 0. The number of aryl methyl sites for hydroxylation is 1. The minimum Gasteiger partial charge on any atom is -0.383 e. The standard InChI is InChI=1S/C10H18N4O2S/c1-6(7-4-5-7)12-10-8(17(3,15)16)9(11)14(2)13-10/h6-7H,4-5,11H2,1-3H3,(H,12,13). The van der Waals surface area contributed by atoms with Crippen molar-refractivity contribution in [3.8, 4) is 0 Å². The van der Waals surface area contributed by atoms with E-state index in [0.717, 1.165) is 6.26 Å². The van der Waals surface area contributed by atoms with Crippen LogP contribution in [0.1, 0.15) is 19.8 Å². The molecule has 1 aliphatic rings. The zero-order valence-corrected chi connectivity index (χ0v) is 11.1. The van der Waals surface area contributed by atoms with Crippen molar-refractivity contribution >= 4 is 21.5 Å². The molecule has 1 heterocycles. The van der Waals surface area contributed by atoms with Crippen molar-refractivity contribution in [2.24, 2.45) is 13.0 Å². The van der Waals surface area contributed by atoms with Gasteiger partial charge >= 0.3 is 0 Å². The van der Waals surface area contributed by atoms with E-state index in [1.165, 1.54) is 17.5 Å². The van der Waals surface area contributed by atoms with Crippen molar-refractivity contribution < 1.29 is 8.42 Å². The molecule has 1 aliphatic carbocycles. The normalized spacial score (nSPS) is 18.1. The lowest BCUT2D eigenvalue weighted by molar-refractivity contribution is 0.602. The van der Waals surface area contributed by atoms with E-state index in [9.17, 15) is 8.42 Å². The Hall–Kier alpha value is -1.24. The van der Waals surface area contributed by atoms with E-state index >= 15 is 0 Å². The highest BCUT2D eigenvalue weighted by Crippen LogP contribution is 2.35. The number of hydrogen-bond donors (Lipinski definition) is 2. The monoisotopic (exact) mass is 258 g/mol. The number of anilines is 2. The lowest BCUT2D eigenvalue weighted by Gasteiger charge is -2.12. The van der Waals surface area contributed by atoms with Crippen LogP contribution in [0.4, 0.5) is 11.6 Å². The van der Waals surface area contributed by atoms with Crippen molar-refractivity contribution in [2.75, 3.05) is 17.3 Å². The van der Waals surface area contributed by atoms with Crippen molar-refractivity contribution in [3.63, 3.8) is 0 Å². The molecule has 6 nitrogen and oxygen atoms in total. The molecule has 1 unspecified atom stereocenters. The zero-order valence-electron chi connectivity index (χ0n) is 10.3. The fourth-order valence-electron chi connectivity index (χ4n) is 1.91. The quantitative estimate of drug-likeness (QED) is 0.826. The van der Waals surface area contributed by atoms with Crippen LogP contribution in [-0.4, -0.2) is 30.5 Å². The van der Waals surface area contributed by atoms with Crippen LogP contribution in [0.2, 0.25) is 0 Å². The molecule has 1 atom stereocenters. The van der Waals surface area contributed by atoms with E-state index < -0.39 is 9.84 Å². The maximum Gasteiger partial charge on any atom is 0.182 e. The molecule has 0 radical (unpaired) electrons. The SMILES string of the molecule is CC(Nc1nn(C)c(N)c1S(C)(=O)=O)C1CC1. The summed E-state index contributed by atoms with van der Waals surface area (Å²) in [5, 5.41) is 7.28. The number of hydrogen-bond acceptors (Lipinski definition) is 5. The van der Waals surface area contributed by atoms with E-state index in [-0.39, 0.29) is 16.8 Å². The van der Waals surface area contributed by atoms with Crippen LogP contribution in [0, 0.1) is 5.92 Å². The first kappa shape index (κ1) is 12.2. The molecule has 1 saturated carbocycles. The van der Waals surface area contributed by atoms with Crippen LogP contribution in [0.15, 0.2) is 4.90 Å². The first-order valence-electron chi connectivity index (χ1n) is 5.59. The first-order chi connectivity index (χ1) is 7.80. The van der Waals surface area contributed by atoms with Gasteiger partial charge in [0.25, 0.3) is 0 Å². The van der Waals surface area contributed by atoms with Gasteiger partial charge in [0.2, 0.25) is 0 Å². The van der Waals surface area contributed by atoms with E-state index in [1.54, 1.807) is 7.05 Å². The molecule has 0 aliphatic heterocycles. The highest BCUT2D eigenvalue weighted by molar-refractivity contribution is 7.91. The number of sulfone groups is 1. The van der Waals surface area contributed by atoms with Crippen LogP contribution >= 0.6 is 0 Å². The summed E-state index contributed by atoms with van der Waals surface area (Å²) in [4.78, 5) is 0.104. The number of aromatic nitrogens is 2. The fourth-order valence-corrected chi connectivity index (χ4v) is 2.87. The van der Waals surface area contributed by atoms with Gasteiger partial charge < -0.3 is 11.1 Å². The second-order valence-electron chi connectivity index (χ2n) is 4.73. The molecule has 1 aromatic rings. The molecule has 0 saturated heterocycles. The Kier molecular flexibility index (Phi) is 2.81. The van der Waals surface area contributed by atoms with Gasteiger partial charge in [-0.1, -0.05) is 0 Å². The van der Waals surface area contributed by atoms with Crippen LogP contribution in [-0.2, 0) is 16.9 Å². The van der Waals surface area contributed by atoms with Gasteiger partial charge in [-0.25, -0.2) is 13.1 Å². The molecule has 17 heavy (non-hydrogen) atoms. The molecule has 1 aromatic heterocycles. The van der Waals surface area contributed by atoms with E-state index in [2.05, 4.69) is 10.4 Å². The molecule has 3 N–H and O–H groups in total. The Morgan fingerprint density at radius 2 is 2.12 bits per heavy atom. The Labute approximate surface area is 101 Å². The fraction of sp³-hybridized carbons (Fsp3) is 0.700. The number of nitrogens with two attached hydrogens (primary N) is 1. The maximum atomic E-state index is 11.7. The summed E-state index contributed by atoms with van der Waals surface area (Å²) in [6.07, 6.45) is 3.52. The van der Waals surface area contributed by atoms with Gasteiger partial charge in [0.15, 0.2) is 20.6 Å². The number of nitrogens with zero attached hydrogens (tertiary/aromatic N) is 2. The minimum absolute atomic E-state index is 0.104. The third-order valence-corrected chi connectivity index (χ3v) is 4.25. The minimum atomic E-state index is -3.37. The van der Waals surface area contributed by atoms with Gasteiger partial charge in [-0.3, -0.25) is 0 Å². The summed E-state index contributed by atoms with van der Waals surface area (Å²) in [6, 6.07) is 0.227. The van der Waals surface area contributed by atoms with E-state index in [1.807, 2.05) is 6.92 Å². The third kappa shape index (κ3) is 2.38. The van der Waals surface area contributed by atoms with Gasteiger partial charge in [-0.15, -0.1) is 0 Å². The number of nitrogen functional groups attached to an aromatic ring is 1. The summed E-state index contributed by atoms with van der Waals surface area (Å²) in [5.41, 5.74) is 5.74. The van der Waals surface area contributed by atoms with Gasteiger partial charge in [-0.2, -0.15) is 5.10 Å². The Bertz CT molecular complexity index is 531. The largest absolute Gasteiger partial charge is 0.383 e. The van der Waals surface area contributed by atoms with Gasteiger partial charge in [0.05, 0.1) is 0 Å². The lowest BCUT2D eigenvalue weighted by atomic mass is 10.2. The average molecular weight is 258 g/mol. The maximum absolute atomic E-state index is 11.7. The molecule has 2 rings (SSSR count). The van der Waals surface area contributed by atoms with Crippen molar-refractivity contribution in [3.05, 3.63) is 0 Å². The van der Waals surface area contributed by atoms with Crippen LogP contribution < -0.4 is 11.1 Å². The summed E-state index contributed by atoms with van der Waals surface area (Å²) in [6.45, 7) is 2.04. The predicted octanol–water partition coefficient (Wildman–Crippen LogP) is 0.616. The predicted molar refractivity (Wildman–Crippen MR) is 66.5 cm³/mol. The highest BCUT2D eigenvalue weighted by Gasteiger charge is 2.31. The Morgan fingerprint density at radius 3 is 2.59 bits per heavy atom. The molecule has 0 bridgehead atoms. The molecular weight excluding hydrogens is 240 g/mol. The van der Waals surface area contributed by atoms with Gasteiger partial charge in [0.1, 0.15) is 5.82 Å². The van der Waals surface area contributed by atoms with Crippen LogP contribution in [0.3, 0.4) is 0 Å². The van der Waals surface area contributed by atoms with E-state index in [0.29, 0.717) is 11.7 Å². The van der Waals surface area contributed by atoms with Crippen LogP contribution in [0.5, 0.6) is 0 Å². The second kappa shape index (κ2) is 3.90. The molecule has 0 spiro atoms. The van der Waals surface area contributed by atoms with Crippen molar-refractivity contribution in [1.29, 1.82) is 0 Å². The average Bonchev–Trinajstić information content (AvgIpc) is 2.94. The summed E-state index contributed by atoms with van der Waals surface area (Å²) in [7, 11) is -1.73. The topological polar surface area (TPSA) is 90.0 Å². The third-order valence-electron chi connectivity index (χ3n) is 3.11. The molecule has 1 fully saturated rings. The number of nitrogens with one attached hydrogen (secondary N) is 1. The molecule has 96 valence electrons. The van der Waals surface area contributed by atoms with Gasteiger partial charge in [0, 0.05) is 19.3 Å². The Morgan fingerprint density at radius 1 is 1.53 bits per heavy atom. The van der Waals surface area contributed by atoms with Gasteiger partial charge in [-0.05, 0) is 25.7 Å². The zero-order chi connectivity index (χ0) is 12.8. The van der Waals surface area contributed by atoms with E-state index in [4.69, 9.17) is 5.73 Å². The Balaban J connectivity index is 2.36. The van der Waals surface area contributed by atoms with Crippen LogP contribution in [0.25, 0.3) is 0 Å². The molecule has 0 aromatic carbocycles. The van der Waals surface area contributed by atoms with Crippen molar-refractivity contribution in [1.82, 2.24) is 9.78 Å². The highest BCUT2D eigenvalue weighted by atomic mass is 32.2. The summed E-state index contributed by atoms with van der Waals surface area (Å²) in [5.74, 6) is 1.16. The summed E-state index contributed by atoms with van der Waals surface area (Å²) < 4.78 is 24.8. The number of rotatable bonds is 4.